The maximum atomic E-state index is 11.4. The normalized spacial score (nSPS) is 23.5. The average Bonchev–Trinajstić information content (AvgIpc) is 2.30. The van der Waals surface area contributed by atoms with Gasteiger partial charge in [0.2, 0.25) is 0 Å². The van der Waals surface area contributed by atoms with Gasteiger partial charge in [-0.05, 0) is 24.0 Å². The van der Waals surface area contributed by atoms with Crippen LogP contribution in [0.5, 0.6) is 0 Å². The molecule has 0 N–H and O–H groups in total. The van der Waals surface area contributed by atoms with Crippen molar-refractivity contribution in [3.05, 3.63) is 47.5 Å². The Morgan fingerprint density at radius 3 is 2.93 bits per heavy atom. The SMILES string of the molecule is CCC[C@]1(C=O)C=CCc2ccccc21. The van der Waals surface area contributed by atoms with E-state index in [2.05, 4.69) is 31.2 Å². The van der Waals surface area contributed by atoms with Gasteiger partial charge in [0.25, 0.3) is 0 Å². The molecule has 78 valence electrons. The third kappa shape index (κ3) is 1.63. The van der Waals surface area contributed by atoms with Crippen molar-refractivity contribution in [3.8, 4) is 0 Å². The number of aldehydes is 1. The van der Waals surface area contributed by atoms with Crippen LogP contribution in [0.2, 0.25) is 0 Å². The van der Waals surface area contributed by atoms with Crippen molar-refractivity contribution >= 4 is 6.29 Å². The Labute approximate surface area is 90.8 Å². The Balaban J connectivity index is 2.52. The number of allylic oxidation sites excluding steroid dienone is 2. The molecule has 1 atom stereocenters. The van der Waals surface area contributed by atoms with Crippen LogP contribution >= 0.6 is 0 Å². The molecule has 0 aromatic heterocycles. The summed E-state index contributed by atoms with van der Waals surface area (Å²) in [6.07, 6.45) is 8.18. The summed E-state index contributed by atoms with van der Waals surface area (Å²) in [5.74, 6) is 0. The Bertz CT molecular complexity index is 392. The first-order chi connectivity index (χ1) is 7.32. The highest BCUT2D eigenvalue weighted by atomic mass is 16.1. The highest BCUT2D eigenvalue weighted by molar-refractivity contribution is 5.74. The highest BCUT2D eigenvalue weighted by Gasteiger charge is 2.31. The van der Waals surface area contributed by atoms with Gasteiger partial charge in [-0.3, -0.25) is 0 Å². The van der Waals surface area contributed by atoms with E-state index in [1.165, 1.54) is 11.1 Å². The summed E-state index contributed by atoms with van der Waals surface area (Å²) in [6, 6.07) is 8.26. The predicted octanol–water partition coefficient (Wildman–Crippen LogP) is 3.04. The Morgan fingerprint density at radius 2 is 2.20 bits per heavy atom. The number of carbonyl (C=O) groups excluding carboxylic acids is 1. The summed E-state index contributed by atoms with van der Waals surface area (Å²) in [4.78, 5) is 11.4. The van der Waals surface area contributed by atoms with Gasteiger partial charge in [0.15, 0.2) is 0 Å². The number of rotatable bonds is 3. The molecule has 1 aliphatic rings. The van der Waals surface area contributed by atoms with E-state index >= 15 is 0 Å². The van der Waals surface area contributed by atoms with Crippen LogP contribution in [0.3, 0.4) is 0 Å². The summed E-state index contributed by atoms with van der Waals surface area (Å²) in [7, 11) is 0. The van der Waals surface area contributed by atoms with Crippen LogP contribution in [0.4, 0.5) is 0 Å². The van der Waals surface area contributed by atoms with E-state index in [0.717, 1.165) is 25.5 Å². The van der Waals surface area contributed by atoms with Gasteiger partial charge in [0.1, 0.15) is 6.29 Å². The molecule has 0 saturated carbocycles. The first-order valence-corrected chi connectivity index (χ1v) is 5.55. The standard InChI is InChI=1S/C14H16O/c1-2-9-14(11-15)10-5-7-12-6-3-4-8-13(12)14/h3-6,8,10-11H,2,7,9H2,1H3/t14-/m1/s1. The molecular formula is C14H16O. The molecule has 0 spiro atoms. The zero-order chi connectivity index (χ0) is 10.7. The van der Waals surface area contributed by atoms with Crippen LogP contribution in [0.25, 0.3) is 0 Å². The maximum absolute atomic E-state index is 11.4. The summed E-state index contributed by atoms with van der Waals surface area (Å²) in [5, 5.41) is 0. The topological polar surface area (TPSA) is 17.1 Å². The zero-order valence-corrected chi connectivity index (χ0v) is 9.07. The Kier molecular flexibility index (Phi) is 2.72. The molecular weight excluding hydrogens is 184 g/mol. The second-order valence-corrected chi connectivity index (χ2v) is 4.17. The van der Waals surface area contributed by atoms with Crippen molar-refractivity contribution in [2.45, 2.75) is 31.6 Å². The maximum Gasteiger partial charge on any atom is 0.134 e. The third-order valence-corrected chi connectivity index (χ3v) is 3.15. The molecule has 0 saturated heterocycles. The van der Waals surface area contributed by atoms with Gasteiger partial charge in [-0.1, -0.05) is 49.8 Å². The van der Waals surface area contributed by atoms with Crippen molar-refractivity contribution in [2.75, 3.05) is 0 Å². The van der Waals surface area contributed by atoms with E-state index in [0.29, 0.717) is 0 Å². The number of hydrogen-bond donors (Lipinski definition) is 0. The molecule has 1 aromatic rings. The van der Waals surface area contributed by atoms with E-state index in [4.69, 9.17) is 0 Å². The molecule has 1 nitrogen and oxygen atoms in total. The van der Waals surface area contributed by atoms with E-state index in [9.17, 15) is 4.79 Å². The number of carbonyl (C=O) groups is 1. The summed E-state index contributed by atoms with van der Waals surface area (Å²) in [5.41, 5.74) is 2.13. The molecule has 1 heteroatoms. The second kappa shape index (κ2) is 4.01. The van der Waals surface area contributed by atoms with Gasteiger partial charge in [-0.15, -0.1) is 0 Å². The fourth-order valence-electron chi connectivity index (χ4n) is 2.43. The smallest absolute Gasteiger partial charge is 0.134 e. The van der Waals surface area contributed by atoms with Crippen LogP contribution in [-0.4, -0.2) is 6.29 Å². The molecule has 1 aromatic carbocycles. The molecule has 2 rings (SSSR count). The minimum atomic E-state index is -0.358. The number of benzene rings is 1. The second-order valence-electron chi connectivity index (χ2n) is 4.17. The van der Waals surface area contributed by atoms with Crippen LogP contribution in [-0.2, 0) is 16.6 Å². The summed E-state index contributed by atoms with van der Waals surface area (Å²) in [6.45, 7) is 2.12. The molecule has 0 aliphatic heterocycles. The third-order valence-electron chi connectivity index (χ3n) is 3.15. The van der Waals surface area contributed by atoms with Gasteiger partial charge < -0.3 is 4.79 Å². The molecule has 0 unspecified atom stereocenters. The fourth-order valence-corrected chi connectivity index (χ4v) is 2.43. The number of hydrogen-bond acceptors (Lipinski definition) is 1. The van der Waals surface area contributed by atoms with Crippen molar-refractivity contribution in [1.29, 1.82) is 0 Å². The first kappa shape index (κ1) is 10.2. The molecule has 0 heterocycles. The van der Waals surface area contributed by atoms with Gasteiger partial charge in [0, 0.05) is 0 Å². The van der Waals surface area contributed by atoms with Gasteiger partial charge in [0.05, 0.1) is 5.41 Å². The monoisotopic (exact) mass is 200 g/mol. The van der Waals surface area contributed by atoms with Crippen molar-refractivity contribution in [1.82, 2.24) is 0 Å². The lowest BCUT2D eigenvalue weighted by atomic mass is 9.72. The predicted molar refractivity (Wildman–Crippen MR) is 61.9 cm³/mol. The van der Waals surface area contributed by atoms with Crippen molar-refractivity contribution in [3.63, 3.8) is 0 Å². The molecule has 0 radical (unpaired) electrons. The van der Waals surface area contributed by atoms with E-state index in [1.54, 1.807) is 0 Å². The average molecular weight is 200 g/mol. The molecule has 1 aliphatic carbocycles. The van der Waals surface area contributed by atoms with Gasteiger partial charge in [-0.2, -0.15) is 0 Å². The van der Waals surface area contributed by atoms with Gasteiger partial charge >= 0.3 is 0 Å². The fraction of sp³-hybridized carbons (Fsp3) is 0.357. The van der Waals surface area contributed by atoms with Crippen LogP contribution in [0.15, 0.2) is 36.4 Å². The Hall–Kier alpha value is -1.37. The quantitative estimate of drug-likeness (QED) is 0.541. The lowest BCUT2D eigenvalue weighted by Gasteiger charge is -2.30. The van der Waals surface area contributed by atoms with Crippen molar-refractivity contribution in [2.24, 2.45) is 0 Å². The lowest BCUT2D eigenvalue weighted by molar-refractivity contribution is -0.111. The number of fused-ring (bicyclic) bond motifs is 1. The van der Waals surface area contributed by atoms with E-state index < -0.39 is 0 Å². The Morgan fingerprint density at radius 1 is 1.40 bits per heavy atom. The largest absolute Gasteiger partial charge is 0.302 e. The van der Waals surface area contributed by atoms with E-state index in [1.807, 2.05) is 12.1 Å². The molecule has 15 heavy (non-hydrogen) atoms. The minimum absolute atomic E-state index is 0.358. The van der Waals surface area contributed by atoms with Crippen molar-refractivity contribution < 1.29 is 4.79 Å². The zero-order valence-electron chi connectivity index (χ0n) is 9.07. The minimum Gasteiger partial charge on any atom is -0.302 e. The van der Waals surface area contributed by atoms with Gasteiger partial charge in [-0.25, -0.2) is 0 Å². The summed E-state index contributed by atoms with van der Waals surface area (Å²) >= 11 is 0. The molecule has 0 fully saturated rings. The molecule has 0 amide bonds. The first-order valence-electron chi connectivity index (χ1n) is 5.55. The van der Waals surface area contributed by atoms with E-state index in [-0.39, 0.29) is 5.41 Å². The lowest BCUT2D eigenvalue weighted by Crippen LogP contribution is -2.28. The van der Waals surface area contributed by atoms with Crippen LogP contribution in [0.1, 0.15) is 30.9 Å². The van der Waals surface area contributed by atoms with Crippen LogP contribution < -0.4 is 0 Å². The highest BCUT2D eigenvalue weighted by Crippen LogP contribution is 2.35. The molecule has 0 bridgehead atoms. The summed E-state index contributed by atoms with van der Waals surface area (Å²) < 4.78 is 0. The van der Waals surface area contributed by atoms with Crippen LogP contribution in [0, 0.1) is 0 Å².